The third-order valence-electron chi connectivity index (χ3n) is 4.02. The van der Waals surface area contributed by atoms with Crippen LogP contribution in [-0.2, 0) is 0 Å². The Morgan fingerprint density at radius 3 is 1.94 bits per heavy atom. The van der Waals surface area contributed by atoms with Crippen molar-refractivity contribution in [1.82, 2.24) is 0 Å². The molecular weight excluding hydrogens is 228 g/mol. The van der Waals surface area contributed by atoms with Crippen LogP contribution in [0.2, 0.25) is 0 Å². The monoisotopic (exact) mass is 248 g/mol. The van der Waals surface area contributed by atoms with Crippen molar-refractivity contribution in [2.24, 2.45) is 30.7 Å². The van der Waals surface area contributed by atoms with Gasteiger partial charge in [0.15, 0.2) is 0 Å². The van der Waals surface area contributed by atoms with Crippen LogP contribution in [0.25, 0.3) is 0 Å². The first-order valence-electron chi connectivity index (χ1n) is 7.13. The third-order valence-corrected chi connectivity index (χ3v) is 4.02. The van der Waals surface area contributed by atoms with Crippen molar-refractivity contribution < 1.29 is 0 Å². The minimum atomic E-state index is -0.624. The lowest BCUT2D eigenvalue weighted by Gasteiger charge is -2.41. The van der Waals surface area contributed by atoms with Gasteiger partial charge in [0.2, 0.25) is 0 Å². The predicted molar refractivity (Wildman–Crippen MR) is 66.4 cm³/mol. The van der Waals surface area contributed by atoms with Crippen molar-refractivity contribution in [2.75, 3.05) is 0 Å². The molecule has 6 heteroatoms. The van der Waals surface area contributed by atoms with Crippen LogP contribution < -0.4 is 0 Å². The van der Waals surface area contributed by atoms with Gasteiger partial charge in [-0.2, -0.15) is 10.2 Å². The fourth-order valence-electron chi connectivity index (χ4n) is 2.66. The second-order valence-electron chi connectivity index (χ2n) is 5.40. The summed E-state index contributed by atoms with van der Waals surface area (Å²) in [7, 11) is 0. The molecule has 2 spiro atoms. The number of azo groups is 2. The van der Waals surface area contributed by atoms with E-state index >= 15 is 0 Å². The molecule has 2 atom stereocenters. The van der Waals surface area contributed by atoms with Gasteiger partial charge in [0.25, 0.3) is 5.66 Å². The number of unbranched alkanes of at least 4 members (excludes halogenated alkanes) is 6. The summed E-state index contributed by atoms with van der Waals surface area (Å²) < 4.78 is 0. The Balaban J connectivity index is 1.31. The molecule has 0 aromatic rings. The van der Waals surface area contributed by atoms with Gasteiger partial charge < -0.3 is 0 Å². The molecule has 0 aliphatic carbocycles. The van der Waals surface area contributed by atoms with Gasteiger partial charge in [0.05, 0.1) is 0 Å². The van der Waals surface area contributed by atoms with Crippen molar-refractivity contribution >= 4 is 0 Å². The molecule has 3 aliphatic heterocycles. The van der Waals surface area contributed by atoms with Crippen LogP contribution in [0.5, 0.6) is 0 Å². The lowest BCUT2D eigenvalue weighted by Crippen LogP contribution is -2.59. The summed E-state index contributed by atoms with van der Waals surface area (Å²) in [5.41, 5.74) is -0.505. The average molecular weight is 248 g/mol. The quantitative estimate of drug-likeness (QED) is 0.576. The summed E-state index contributed by atoms with van der Waals surface area (Å²) in [5.74, 6) is -0.624. The number of hydrogen-bond donors (Lipinski definition) is 0. The normalized spacial score (nSPS) is 32.8. The zero-order valence-corrected chi connectivity index (χ0v) is 10.9. The summed E-state index contributed by atoms with van der Waals surface area (Å²) in [4.78, 5) is 0. The van der Waals surface area contributed by atoms with Gasteiger partial charge in [-0.05, 0) is 6.42 Å². The smallest absolute Gasteiger partial charge is 0.183 e. The zero-order valence-electron chi connectivity index (χ0n) is 10.9. The second kappa shape index (κ2) is 4.48. The summed E-state index contributed by atoms with van der Waals surface area (Å²) in [6.07, 6.45) is 10.3. The molecule has 6 nitrogen and oxygen atoms in total. The lowest BCUT2D eigenvalue weighted by molar-refractivity contribution is 0.103. The Hall–Kier alpha value is -1.20. The largest absolute Gasteiger partial charge is 0.349 e. The molecule has 0 saturated carbocycles. The number of rotatable bonds is 8. The van der Waals surface area contributed by atoms with Crippen LogP contribution in [-0.4, -0.2) is 17.5 Å². The molecular formula is C12H20N6. The van der Waals surface area contributed by atoms with E-state index in [1.54, 1.807) is 0 Å². The van der Waals surface area contributed by atoms with E-state index in [4.69, 9.17) is 0 Å². The zero-order chi connectivity index (χ0) is 12.5. The van der Waals surface area contributed by atoms with Gasteiger partial charge in [0, 0.05) is 0 Å². The first-order valence-corrected chi connectivity index (χ1v) is 7.13. The molecule has 0 saturated heterocycles. The lowest BCUT2D eigenvalue weighted by atomic mass is 9.87. The van der Waals surface area contributed by atoms with Gasteiger partial charge in [-0.1, -0.05) is 51.9 Å². The number of hydrogen-bond acceptors (Lipinski definition) is 6. The molecule has 3 heterocycles. The fourth-order valence-corrected chi connectivity index (χ4v) is 2.66. The van der Waals surface area contributed by atoms with Crippen LogP contribution in [0.1, 0.15) is 58.3 Å². The van der Waals surface area contributed by atoms with E-state index in [-0.39, 0.29) is 6.04 Å². The fraction of sp³-hybridized carbons (Fsp3) is 1.00. The first kappa shape index (κ1) is 11.9. The summed E-state index contributed by atoms with van der Waals surface area (Å²) >= 11 is 0. The molecule has 2 unspecified atom stereocenters. The van der Waals surface area contributed by atoms with E-state index in [2.05, 4.69) is 37.6 Å². The Kier molecular flexibility index (Phi) is 2.95. The molecule has 3 aliphatic rings. The van der Waals surface area contributed by atoms with Gasteiger partial charge in [-0.25, -0.2) is 0 Å². The van der Waals surface area contributed by atoms with Crippen LogP contribution >= 0.6 is 0 Å². The minimum Gasteiger partial charge on any atom is -0.183 e. The molecule has 0 bridgehead atoms. The number of nitrogens with zero attached hydrogens (tertiary/aromatic N) is 6. The molecule has 0 radical (unpaired) electrons. The van der Waals surface area contributed by atoms with E-state index in [1.807, 2.05) is 0 Å². The highest BCUT2D eigenvalue weighted by molar-refractivity contribution is 5.24. The van der Waals surface area contributed by atoms with Gasteiger partial charge in [0.1, 0.15) is 6.04 Å². The van der Waals surface area contributed by atoms with Gasteiger partial charge >= 0.3 is 5.79 Å². The average Bonchev–Trinajstić information content (AvgIpc) is 3.12. The second-order valence-corrected chi connectivity index (χ2v) is 5.40. The minimum absolute atomic E-state index is 0.167. The van der Waals surface area contributed by atoms with Crippen LogP contribution in [0.15, 0.2) is 30.7 Å². The van der Waals surface area contributed by atoms with E-state index in [9.17, 15) is 0 Å². The van der Waals surface area contributed by atoms with Crippen molar-refractivity contribution in [3.8, 4) is 0 Å². The highest BCUT2D eigenvalue weighted by Crippen LogP contribution is 2.58. The highest BCUT2D eigenvalue weighted by Gasteiger charge is 2.75. The van der Waals surface area contributed by atoms with Crippen molar-refractivity contribution in [3.05, 3.63) is 0 Å². The summed E-state index contributed by atoms with van der Waals surface area (Å²) in [6, 6.07) is 0.167. The SMILES string of the molecule is CCCCCCCCCC1N=NC12N=NC21N=N1. The molecule has 0 aromatic carbocycles. The van der Waals surface area contributed by atoms with Gasteiger partial charge in [-0.3, -0.25) is 0 Å². The van der Waals surface area contributed by atoms with E-state index in [0.29, 0.717) is 0 Å². The van der Waals surface area contributed by atoms with Crippen LogP contribution in [0.4, 0.5) is 0 Å². The Morgan fingerprint density at radius 2 is 1.44 bits per heavy atom. The molecule has 98 valence electrons. The van der Waals surface area contributed by atoms with Crippen LogP contribution in [0.3, 0.4) is 0 Å². The first-order chi connectivity index (χ1) is 8.83. The Labute approximate surface area is 107 Å². The van der Waals surface area contributed by atoms with Crippen molar-refractivity contribution in [2.45, 2.75) is 75.8 Å². The standard InChI is InChI=1S/C12H20N6/c1-2-3-4-5-6-7-8-9-10-11(14-13-10)12(16-15-11)17-18-12/h10H,2-9H2,1H3. The topological polar surface area (TPSA) is 74.2 Å². The molecule has 18 heavy (non-hydrogen) atoms. The molecule has 0 N–H and O–H groups in total. The summed E-state index contributed by atoms with van der Waals surface area (Å²) in [6.45, 7) is 2.25. The number of fused-ring (bicyclic) bond motifs is 1. The highest BCUT2D eigenvalue weighted by atomic mass is 15.7. The molecule has 3 rings (SSSR count). The third kappa shape index (κ3) is 1.69. The van der Waals surface area contributed by atoms with Crippen LogP contribution in [0, 0.1) is 0 Å². The van der Waals surface area contributed by atoms with Crippen molar-refractivity contribution in [3.63, 3.8) is 0 Å². The van der Waals surface area contributed by atoms with Gasteiger partial charge in [-0.15, -0.1) is 20.5 Å². The van der Waals surface area contributed by atoms with E-state index in [1.165, 1.54) is 44.9 Å². The summed E-state index contributed by atoms with van der Waals surface area (Å²) in [5, 5.41) is 24.3. The maximum atomic E-state index is 4.18. The Bertz CT molecular complexity index is 395. The predicted octanol–water partition coefficient (Wildman–Crippen LogP) is 4.24. The maximum absolute atomic E-state index is 4.18. The van der Waals surface area contributed by atoms with E-state index < -0.39 is 11.4 Å². The molecule has 0 amide bonds. The van der Waals surface area contributed by atoms with E-state index in [0.717, 1.165) is 6.42 Å². The molecule has 0 fully saturated rings. The molecule has 0 aromatic heterocycles. The van der Waals surface area contributed by atoms with Crippen molar-refractivity contribution in [1.29, 1.82) is 0 Å². The maximum Gasteiger partial charge on any atom is 0.349 e. The Morgan fingerprint density at radius 1 is 0.778 bits per heavy atom.